The van der Waals surface area contributed by atoms with Crippen LogP contribution in [0.3, 0.4) is 0 Å². The van der Waals surface area contributed by atoms with Crippen molar-refractivity contribution in [2.24, 2.45) is 5.41 Å². The molecule has 0 atom stereocenters. The summed E-state index contributed by atoms with van der Waals surface area (Å²) in [5.41, 5.74) is 4.22. The molecule has 23 heavy (non-hydrogen) atoms. The quantitative estimate of drug-likeness (QED) is 0.187. The fourth-order valence-corrected chi connectivity index (χ4v) is 2.39. The Labute approximate surface area is 149 Å². The van der Waals surface area contributed by atoms with E-state index in [1.807, 2.05) is 13.0 Å². The number of hydrogen-bond donors (Lipinski definition) is 0. The summed E-state index contributed by atoms with van der Waals surface area (Å²) in [7, 11) is 0. The summed E-state index contributed by atoms with van der Waals surface area (Å²) in [6.07, 6.45) is 10.4. The molecule has 0 saturated carbocycles. The predicted octanol–water partition coefficient (Wildman–Crippen LogP) is 4.10. The molecule has 0 N–H and O–H groups in total. The first kappa shape index (κ1) is 29.6. The summed E-state index contributed by atoms with van der Waals surface area (Å²) >= 11 is 0. The van der Waals surface area contributed by atoms with Crippen LogP contribution in [-0.2, 0) is 35.8 Å². The van der Waals surface area contributed by atoms with Crippen molar-refractivity contribution in [1.29, 1.82) is 0 Å². The Morgan fingerprint density at radius 3 is 2.00 bits per heavy atom. The molecule has 0 aromatic heterocycles. The summed E-state index contributed by atoms with van der Waals surface area (Å²) < 4.78 is 22.5. The van der Waals surface area contributed by atoms with Gasteiger partial charge in [0.15, 0.2) is 0 Å². The Morgan fingerprint density at radius 2 is 1.61 bits per heavy atom. The minimum absolute atomic E-state index is 0. The number of carbonyl (C=O) groups is 1. The zero-order chi connectivity index (χ0) is 18.2. The molecule has 5 heteroatoms. The largest absolute Gasteiger partial charge is 0 e. The van der Waals surface area contributed by atoms with E-state index in [0.717, 1.165) is 11.9 Å². The molecule has 0 aliphatic heterocycles. The first-order valence-corrected chi connectivity index (χ1v) is 6.59. The standard InChI is InChI=1S/C15H22O.3CO.Fe/c1-12(9-11-16)7-8-14-13(2)6-5-10-15(14,3)4;3*1-2;/h7-9,11H,5-6,10H2,1-4H3;;;;/b8-7+,12-9+;;;;. The van der Waals surface area contributed by atoms with Crippen molar-refractivity contribution in [3.63, 3.8) is 0 Å². The Kier molecular flexibility index (Phi) is 24.1. The van der Waals surface area contributed by atoms with Gasteiger partial charge < -0.3 is 0 Å². The smallest absolute Gasteiger partial charge is 0 e. The summed E-state index contributed by atoms with van der Waals surface area (Å²) in [5, 5.41) is 0. The van der Waals surface area contributed by atoms with E-state index in [-0.39, 0.29) is 22.5 Å². The Hall–Kier alpha value is -1.37. The molecule has 1 aliphatic rings. The van der Waals surface area contributed by atoms with Gasteiger partial charge in [0.2, 0.25) is 0 Å². The van der Waals surface area contributed by atoms with E-state index in [1.54, 1.807) is 6.08 Å². The molecule has 0 radical (unpaired) electrons. The minimum Gasteiger partial charge on any atom is 0 e. The van der Waals surface area contributed by atoms with Crippen molar-refractivity contribution >= 4 is 6.29 Å². The number of allylic oxidation sites excluding steroid dienone is 6. The third-order valence-corrected chi connectivity index (χ3v) is 3.39. The van der Waals surface area contributed by atoms with Crippen LogP contribution in [0.4, 0.5) is 0 Å². The van der Waals surface area contributed by atoms with Gasteiger partial charge in [0.1, 0.15) is 6.29 Å². The molecule has 0 aromatic rings. The summed E-state index contributed by atoms with van der Waals surface area (Å²) in [4.78, 5) is 10.3. The third kappa shape index (κ3) is 12.8. The van der Waals surface area contributed by atoms with E-state index in [2.05, 4.69) is 46.8 Å². The third-order valence-electron chi connectivity index (χ3n) is 3.39. The normalized spacial score (nSPS) is 15.3. The van der Waals surface area contributed by atoms with Crippen LogP contribution in [0.25, 0.3) is 0 Å². The molecule has 0 saturated heterocycles. The van der Waals surface area contributed by atoms with Crippen molar-refractivity contribution in [2.75, 3.05) is 0 Å². The summed E-state index contributed by atoms with van der Waals surface area (Å²) in [6, 6.07) is 0. The second-order valence-corrected chi connectivity index (χ2v) is 5.31. The maximum atomic E-state index is 10.3. The first-order chi connectivity index (χ1) is 10.5. The van der Waals surface area contributed by atoms with Crippen LogP contribution < -0.4 is 0 Å². The fourth-order valence-electron chi connectivity index (χ4n) is 2.39. The second-order valence-electron chi connectivity index (χ2n) is 5.31. The Balaban J connectivity index is -0.000000231. The van der Waals surface area contributed by atoms with Crippen molar-refractivity contribution in [1.82, 2.24) is 0 Å². The SMILES string of the molecule is CC1=C(/C=C/C(C)=C/C=O)C(C)(C)CCC1.[C-]#[O+].[C-]#[O+].[C-]#[O+].[Fe]. The van der Waals surface area contributed by atoms with Crippen LogP contribution in [-0.4, -0.2) is 6.29 Å². The van der Waals surface area contributed by atoms with E-state index < -0.39 is 0 Å². The summed E-state index contributed by atoms with van der Waals surface area (Å²) in [6.45, 7) is 22.3. The van der Waals surface area contributed by atoms with Gasteiger partial charge in [-0.3, -0.25) is 4.79 Å². The van der Waals surface area contributed by atoms with E-state index >= 15 is 0 Å². The van der Waals surface area contributed by atoms with Gasteiger partial charge in [-0.15, -0.1) is 0 Å². The van der Waals surface area contributed by atoms with Gasteiger partial charge in [-0.25, -0.2) is 0 Å². The molecule has 0 heterocycles. The van der Waals surface area contributed by atoms with Crippen molar-refractivity contribution in [3.8, 4) is 0 Å². The number of rotatable bonds is 3. The molecule has 0 unspecified atom stereocenters. The molecule has 0 fully saturated rings. The summed E-state index contributed by atoms with van der Waals surface area (Å²) in [5.74, 6) is 0. The van der Waals surface area contributed by atoms with Gasteiger partial charge in [0, 0.05) is 17.1 Å². The number of aldehydes is 1. The van der Waals surface area contributed by atoms with Crippen molar-refractivity contribution < 1.29 is 35.8 Å². The number of hydrogen-bond acceptors (Lipinski definition) is 1. The first-order valence-electron chi connectivity index (χ1n) is 6.59. The average molecular weight is 358 g/mol. The average Bonchev–Trinajstić information content (AvgIpc) is 2.52. The molecule has 4 nitrogen and oxygen atoms in total. The Morgan fingerprint density at radius 1 is 1.13 bits per heavy atom. The van der Waals surface area contributed by atoms with Crippen LogP contribution in [0.2, 0.25) is 0 Å². The van der Waals surface area contributed by atoms with E-state index in [9.17, 15) is 4.79 Å². The topological polar surface area (TPSA) is 76.8 Å². The van der Waals surface area contributed by atoms with Crippen molar-refractivity contribution in [2.45, 2.75) is 47.0 Å². The van der Waals surface area contributed by atoms with Crippen LogP contribution in [0.1, 0.15) is 47.0 Å². The van der Waals surface area contributed by atoms with Gasteiger partial charge in [-0.2, -0.15) is 0 Å². The zero-order valence-corrected chi connectivity index (χ0v) is 15.0. The molecule has 0 bridgehead atoms. The molecular weight excluding hydrogens is 336 g/mol. The van der Waals surface area contributed by atoms with Gasteiger partial charge in [0.05, 0.1) is 0 Å². The van der Waals surface area contributed by atoms with E-state index in [1.165, 1.54) is 30.4 Å². The second kappa shape index (κ2) is 18.7. The molecule has 1 aliphatic carbocycles. The molecule has 126 valence electrons. The monoisotopic (exact) mass is 358 g/mol. The molecule has 0 amide bonds. The Bertz CT molecular complexity index is 463. The zero-order valence-electron chi connectivity index (χ0n) is 13.9. The van der Waals surface area contributed by atoms with Gasteiger partial charge in [-0.05, 0) is 55.7 Å². The van der Waals surface area contributed by atoms with E-state index in [0.29, 0.717) is 0 Å². The fraction of sp³-hybridized carbons (Fsp3) is 0.444. The van der Waals surface area contributed by atoms with Crippen LogP contribution in [0.5, 0.6) is 0 Å². The maximum Gasteiger partial charge on any atom is 0 e. The minimum atomic E-state index is 0. The van der Waals surface area contributed by atoms with Crippen molar-refractivity contribution in [3.05, 3.63) is 54.9 Å². The van der Waals surface area contributed by atoms with Gasteiger partial charge >= 0.3 is 33.9 Å². The predicted molar refractivity (Wildman–Crippen MR) is 81.1 cm³/mol. The number of carbonyl (C=O) groups excluding carboxylic acids is 1. The maximum absolute atomic E-state index is 10.3. The molecule has 1 rings (SSSR count). The van der Waals surface area contributed by atoms with Crippen LogP contribution in [0, 0.1) is 25.4 Å². The van der Waals surface area contributed by atoms with Crippen LogP contribution in [0.15, 0.2) is 34.9 Å². The molecule has 0 aromatic carbocycles. The van der Waals surface area contributed by atoms with Gasteiger partial charge in [0.25, 0.3) is 0 Å². The molecule has 0 spiro atoms. The van der Waals surface area contributed by atoms with Gasteiger partial charge in [-0.1, -0.05) is 31.6 Å². The van der Waals surface area contributed by atoms with Crippen LogP contribution >= 0.6 is 0 Å². The van der Waals surface area contributed by atoms with E-state index in [4.69, 9.17) is 14.0 Å². The molecular formula is C18H22FeO4.